The molecule has 0 atom stereocenters. The average molecular weight is 325 g/mol. The molecule has 0 aliphatic carbocycles. The molecule has 3 rings (SSSR count). The number of thioether (sulfide) groups is 1. The Bertz CT molecular complexity index is 884. The quantitative estimate of drug-likeness (QED) is 0.589. The molecule has 2 aromatic carbocycles. The number of nitrogens with zero attached hydrogens (tertiary/aromatic N) is 4. The topological polar surface area (TPSA) is 80.5 Å². The van der Waals surface area contributed by atoms with E-state index in [0.717, 1.165) is 5.56 Å². The lowest BCUT2D eigenvalue weighted by Gasteiger charge is -2.05. The van der Waals surface area contributed by atoms with E-state index in [0.29, 0.717) is 22.0 Å². The predicted octanol–water partition coefficient (Wildman–Crippen LogP) is 2.96. The van der Waals surface area contributed by atoms with Crippen LogP contribution in [0.3, 0.4) is 0 Å². The van der Waals surface area contributed by atoms with Gasteiger partial charge in [0.05, 0.1) is 17.2 Å². The van der Waals surface area contributed by atoms with Gasteiger partial charge in [-0.2, -0.15) is 5.26 Å². The summed E-state index contributed by atoms with van der Waals surface area (Å²) in [6.45, 7) is 0. The Labute approximate surface area is 136 Å². The molecule has 0 aliphatic rings. The van der Waals surface area contributed by atoms with E-state index in [2.05, 4.69) is 16.3 Å². The molecule has 1 heterocycles. The highest BCUT2D eigenvalue weighted by Gasteiger charge is 2.15. The Hall–Kier alpha value is -2.85. The number of halogens is 1. The van der Waals surface area contributed by atoms with Gasteiger partial charge in [-0.15, -0.1) is 10.2 Å². The van der Waals surface area contributed by atoms with E-state index >= 15 is 0 Å². The van der Waals surface area contributed by atoms with Gasteiger partial charge in [0.1, 0.15) is 5.82 Å². The monoisotopic (exact) mass is 325 g/mol. The number of rotatable bonds is 4. The van der Waals surface area contributed by atoms with Gasteiger partial charge in [0, 0.05) is 5.75 Å². The van der Waals surface area contributed by atoms with Crippen LogP contribution in [0.2, 0.25) is 0 Å². The second-order valence-corrected chi connectivity index (χ2v) is 5.66. The lowest BCUT2D eigenvalue weighted by atomic mass is 10.1. The first-order valence-electron chi connectivity index (χ1n) is 6.77. The highest BCUT2D eigenvalue weighted by atomic mass is 32.2. The lowest BCUT2D eigenvalue weighted by Crippen LogP contribution is -2.12. The number of aromatic nitrogens is 3. The number of nitrogen functional groups attached to an aromatic ring is 1. The van der Waals surface area contributed by atoms with E-state index in [-0.39, 0.29) is 5.82 Å². The maximum atomic E-state index is 13.8. The zero-order valence-electron chi connectivity index (χ0n) is 12.0. The van der Waals surface area contributed by atoms with Crippen molar-refractivity contribution in [2.45, 2.75) is 10.9 Å². The van der Waals surface area contributed by atoms with Gasteiger partial charge in [0.25, 0.3) is 0 Å². The van der Waals surface area contributed by atoms with Gasteiger partial charge < -0.3 is 5.84 Å². The van der Waals surface area contributed by atoms with Crippen LogP contribution in [0.4, 0.5) is 4.39 Å². The first-order chi connectivity index (χ1) is 11.2. The molecule has 0 saturated heterocycles. The summed E-state index contributed by atoms with van der Waals surface area (Å²) in [5, 5.41) is 17.5. The number of hydrogen-bond acceptors (Lipinski definition) is 5. The normalized spacial score (nSPS) is 10.4. The standard InChI is InChI=1S/C16H12FN5S/c17-14-8-4-3-7-13(14)15-20-21-16(22(15)19)23-10-12-6-2-1-5-11(12)9-18/h1-8H,10,19H2. The van der Waals surface area contributed by atoms with E-state index in [1.165, 1.54) is 22.5 Å². The maximum absolute atomic E-state index is 13.8. The second kappa shape index (κ2) is 6.50. The largest absolute Gasteiger partial charge is 0.335 e. The molecule has 0 radical (unpaired) electrons. The van der Waals surface area contributed by atoms with Gasteiger partial charge in [0.15, 0.2) is 5.82 Å². The van der Waals surface area contributed by atoms with Gasteiger partial charge in [-0.25, -0.2) is 9.07 Å². The summed E-state index contributed by atoms with van der Waals surface area (Å²) in [4.78, 5) is 0. The molecular weight excluding hydrogens is 313 g/mol. The average Bonchev–Trinajstić information content (AvgIpc) is 2.94. The van der Waals surface area contributed by atoms with Gasteiger partial charge in [-0.1, -0.05) is 42.1 Å². The van der Waals surface area contributed by atoms with Crippen LogP contribution in [0.15, 0.2) is 53.7 Å². The maximum Gasteiger partial charge on any atom is 0.210 e. The van der Waals surface area contributed by atoms with E-state index in [1.807, 2.05) is 18.2 Å². The molecule has 5 nitrogen and oxygen atoms in total. The van der Waals surface area contributed by atoms with Crippen molar-refractivity contribution in [3.8, 4) is 17.5 Å². The number of nitriles is 1. The van der Waals surface area contributed by atoms with Crippen molar-refractivity contribution in [2.24, 2.45) is 0 Å². The molecule has 1 aromatic heterocycles. The Morgan fingerprint density at radius 1 is 1.13 bits per heavy atom. The molecule has 0 bridgehead atoms. The van der Waals surface area contributed by atoms with Gasteiger partial charge in [-0.3, -0.25) is 0 Å². The molecule has 0 unspecified atom stereocenters. The van der Waals surface area contributed by atoms with Crippen molar-refractivity contribution in [1.82, 2.24) is 14.9 Å². The van der Waals surface area contributed by atoms with Crippen LogP contribution in [0.25, 0.3) is 11.4 Å². The van der Waals surface area contributed by atoms with Gasteiger partial charge in [-0.05, 0) is 23.8 Å². The number of hydrogen-bond donors (Lipinski definition) is 1. The summed E-state index contributed by atoms with van der Waals surface area (Å²) in [5.74, 6) is 6.36. The summed E-state index contributed by atoms with van der Waals surface area (Å²) in [5.41, 5.74) is 1.79. The molecule has 0 saturated carbocycles. The minimum absolute atomic E-state index is 0.263. The fraction of sp³-hybridized carbons (Fsp3) is 0.0625. The van der Waals surface area contributed by atoms with Crippen molar-refractivity contribution in [3.05, 3.63) is 65.5 Å². The van der Waals surface area contributed by atoms with Crippen molar-refractivity contribution in [2.75, 3.05) is 5.84 Å². The first kappa shape index (κ1) is 15.1. The van der Waals surface area contributed by atoms with Crippen molar-refractivity contribution < 1.29 is 4.39 Å². The molecule has 0 amide bonds. The second-order valence-electron chi connectivity index (χ2n) is 4.71. The smallest absolute Gasteiger partial charge is 0.210 e. The summed E-state index contributed by atoms with van der Waals surface area (Å²) < 4.78 is 15.1. The third kappa shape index (κ3) is 3.03. The molecule has 3 aromatic rings. The predicted molar refractivity (Wildman–Crippen MR) is 86.3 cm³/mol. The highest BCUT2D eigenvalue weighted by Crippen LogP contribution is 2.26. The molecule has 2 N–H and O–H groups in total. The number of nitrogens with two attached hydrogens (primary N) is 1. The molecule has 114 valence electrons. The Balaban J connectivity index is 1.83. The third-order valence-electron chi connectivity index (χ3n) is 3.27. The third-order valence-corrected chi connectivity index (χ3v) is 4.27. The Morgan fingerprint density at radius 2 is 1.87 bits per heavy atom. The van der Waals surface area contributed by atoms with Crippen LogP contribution in [-0.2, 0) is 5.75 Å². The van der Waals surface area contributed by atoms with E-state index in [4.69, 9.17) is 11.1 Å². The minimum atomic E-state index is -0.405. The van der Waals surface area contributed by atoms with Crippen molar-refractivity contribution in [3.63, 3.8) is 0 Å². The van der Waals surface area contributed by atoms with Crippen LogP contribution in [0.1, 0.15) is 11.1 Å². The van der Waals surface area contributed by atoms with Crippen molar-refractivity contribution in [1.29, 1.82) is 5.26 Å². The van der Waals surface area contributed by atoms with Crippen LogP contribution >= 0.6 is 11.8 Å². The summed E-state index contributed by atoms with van der Waals surface area (Å²) >= 11 is 1.34. The Morgan fingerprint density at radius 3 is 2.65 bits per heavy atom. The summed E-state index contributed by atoms with van der Waals surface area (Å²) in [6.07, 6.45) is 0. The molecule has 0 spiro atoms. The minimum Gasteiger partial charge on any atom is -0.335 e. The molecule has 0 aliphatic heterocycles. The van der Waals surface area contributed by atoms with Crippen LogP contribution in [-0.4, -0.2) is 14.9 Å². The van der Waals surface area contributed by atoms with Crippen LogP contribution in [0, 0.1) is 17.1 Å². The van der Waals surface area contributed by atoms with Crippen LogP contribution in [0.5, 0.6) is 0 Å². The highest BCUT2D eigenvalue weighted by molar-refractivity contribution is 7.98. The zero-order valence-corrected chi connectivity index (χ0v) is 12.8. The van der Waals surface area contributed by atoms with Gasteiger partial charge in [0.2, 0.25) is 5.16 Å². The molecule has 7 heteroatoms. The lowest BCUT2D eigenvalue weighted by molar-refractivity contribution is 0.629. The molecule has 0 fully saturated rings. The van der Waals surface area contributed by atoms with E-state index in [1.54, 1.807) is 24.3 Å². The molecule has 23 heavy (non-hydrogen) atoms. The fourth-order valence-electron chi connectivity index (χ4n) is 2.10. The molecular formula is C16H12FN5S. The SMILES string of the molecule is N#Cc1ccccc1CSc1nnc(-c2ccccc2F)n1N. The first-order valence-corrected chi connectivity index (χ1v) is 7.75. The number of benzene rings is 2. The Kier molecular flexibility index (Phi) is 4.26. The van der Waals surface area contributed by atoms with Gasteiger partial charge >= 0.3 is 0 Å². The van der Waals surface area contributed by atoms with Crippen LogP contribution < -0.4 is 5.84 Å². The van der Waals surface area contributed by atoms with Crippen molar-refractivity contribution >= 4 is 11.8 Å². The fourth-order valence-corrected chi connectivity index (χ4v) is 2.96. The zero-order chi connectivity index (χ0) is 16.2. The van der Waals surface area contributed by atoms with E-state index < -0.39 is 5.82 Å². The summed E-state index contributed by atoms with van der Waals surface area (Å²) in [7, 11) is 0. The summed E-state index contributed by atoms with van der Waals surface area (Å²) in [6, 6.07) is 15.7. The van der Waals surface area contributed by atoms with E-state index in [9.17, 15) is 4.39 Å².